The third-order valence-electron chi connectivity index (χ3n) is 3.53. The number of nitrogens with zero attached hydrogens (tertiary/aromatic N) is 1. The summed E-state index contributed by atoms with van der Waals surface area (Å²) in [6, 6.07) is -0.0324. The Labute approximate surface area is 88.4 Å². The Hall–Kier alpha value is -1.38. The fraction of sp³-hybridized carbons (Fsp3) is 0.500. The zero-order chi connectivity index (χ0) is 10.7. The Kier molecular flexibility index (Phi) is 1.54. The van der Waals surface area contributed by atoms with Gasteiger partial charge in [-0.2, -0.15) is 0 Å². The van der Waals surface area contributed by atoms with Crippen LogP contribution in [0.1, 0.15) is 20.3 Å². The van der Waals surface area contributed by atoms with E-state index in [2.05, 4.69) is 12.2 Å². The first-order valence-corrected chi connectivity index (χ1v) is 5.41. The monoisotopic (exact) mass is 203 g/mol. The summed E-state index contributed by atoms with van der Waals surface area (Å²) in [6.45, 7) is 3.76. The summed E-state index contributed by atoms with van der Waals surface area (Å²) in [5.41, 5.74) is 1.56. The standard InChI is InChI=1S/C12H13NO2/c1-6(2)13-11(14)9-7-3-4-8(5-7)10(9)12(13)15/h3-4,6-8H,5H2,1-2H3. The molecule has 0 aromatic heterocycles. The molecule has 0 N–H and O–H groups in total. The van der Waals surface area contributed by atoms with Crippen LogP contribution in [0.5, 0.6) is 0 Å². The predicted octanol–water partition coefficient (Wildman–Crippen LogP) is 1.27. The van der Waals surface area contributed by atoms with Crippen molar-refractivity contribution < 1.29 is 9.59 Å². The normalized spacial score (nSPS) is 32.6. The first-order valence-electron chi connectivity index (χ1n) is 5.41. The second kappa shape index (κ2) is 2.60. The summed E-state index contributed by atoms with van der Waals surface area (Å²) in [6.07, 6.45) is 5.07. The quantitative estimate of drug-likeness (QED) is 0.475. The van der Waals surface area contributed by atoms with E-state index in [1.54, 1.807) is 0 Å². The Bertz CT molecular complexity index is 397. The van der Waals surface area contributed by atoms with Crippen LogP contribution in [0.3, 0.4) is 0 Å². The highest BCUT2D eigenvalue weighted by Gasteiger charge is 2.50. The molecule has 2 amide bonds. The Balaban J connectivity index is 2.06. The van der Waals surface area contributed by atoms with Crippen LogP contribution >= 0.6 is 0 Å². The molecule has 1 heterocycles. The first-order chi connectivity index (χ1) is 7.11. The van der Waals surface area contributed by atoms with Gasteiger partial charge in [-0.25, -0.2) is 0 Å². The van der Waals surface area contributed by atoms with Crippen molar-refractivity contribution in [3.63, 3.8) is 0 Å². The lowest BCUT2D eigenvalue weighted by Gasteiger charge is -2.21. The number of rotatable bonds is 1. The van der Waals surface area contributed by atoms with E-state index in [-0.39, 0.29) is 29.7 Å². The average molecular weight is 203 g/mol. The molecule has 2 aliphatic carbocycles. The van der Waals surface area contributed by atoms with Crippen LogP contribution in [-0.2, 0) is 9.59 Å². The van der Waals surface area contributed by atoms with E-state index in [0.29, 0.717) is 0 Å². The van der Waals surface area contributed by atoms with Gasteiger partial charge in [-0.05, 0) is 20.3 Å². The smallest absolute Gasteiger partial charge is 0.257 e. The number of carbonyl (C=O) groups is 2. The van der Waals surface area contributed by atoms with Crippen molar-refractivity contribution >= 4 is 11.8 Å². The van der Waals surface area contributed by atoms with Crippen LogP contribution in [0.2, 0.25) is 0 Å². The molecule has 3 nitrogen and oxygen atoms in total. The number of likely N-dealkylation sites (tertiary alicyclic amines) is 1. The van der Waals surface area contributed by atoms with Crippen LogP contribution in [0, 0.1) is 11.8 Å². The molecule has 2 atom stereocenters. The summed E-state index contributed by atoms with van der Waals surface area (Å²) in [4.78, 5) is 25.5. The van der Waals surface area contributed by atoms with Crippen molar-refractivity contribution in [1.82, 2.24) is 4.90 Å². The highest BCUT2D eigenvalue weighted by molar-refractivity contribution is 6.21. The van der Waals surface area contributed by atoms with Gasteiger partial charge in [0, 0.05) is 29.0 Å². The number of hydrogen-bond donors (Lipinski definition) is 0. The molecule has 0 fully saturated rings. The van der Waals surface area contributed by atoms with Gasteiger partial charge in [0.05, 0.1) is 0 Å². The van der Waals surface area contributed by atoms with E-state index in [4.69, 9.17) is 0 Å². The number of hydrogen-bond acceptors (Lipinski definition) is 2. The van der Waals surface area contributed by atoms with E-state index in [9.17, 15) is 9.59 Å². The molecule has 0 aromatic carbocycles. The van der Waals surface area contributed by atoms with Crippen molar-refractivity contribution in [3.8, 4) is 0 Å². The SMILES string of the molecule is CC(C)N1C(=O)C2=C(C1=O)C1C=CC2C1. The fourth-order valence-corrected chi connectivity index (χ4v) is 2.89. The molecule has 0 saturated heterocycles. The highest BCUT2D eigenvalue weighted by atomic mass is 16.2. The summed E-state index contributed by atoms with van der Waals surface area (Å²) in [5.74, 6) is 0.319. The molecule has 15 heavy (non-hydrogen) atoms. The largest absolute Gasteiger partial charge is 0.272 e. The second-order valence-corrected chi connectivity index (χ2v) is 4.73. The van der Waals surface area contributed by atoms with Crippen molar-refractivity contribution in [2.24, 2.45) is 11.8 Å². The lowest BCUT2D eigenvalue weighted by molar-refractivity contribution is -0.140. The number of fused-ring (bicyclic) bond motifs is 4. The maximum atomic E-state index is 12.0. The lowest BCUT2D eigenvalue weighted by Crippen LogP contribution is -2.39. The molecule has 3 heteroatoms. The summed E-state index contributed by atoms with van der Waals surface area (Å²) in [7, 11) is 0. The van der Waals surface area contributed by atoms with Gasteiger partial charge in [0.2, 0.25) is 0 Å². The summed E-state index contributed by atoms with van der Waals surface area (Å²) >= 11 is 0. The number of imide groups is 1. The third kappa shape index (κ3) is 0.907. The van der Waals surface area contributed by atoms with Crippen LogP contribution in [-0.4, -0.2) is 22.8 Å². The third-order valence-corrected chi connectivity index (χ3v) is 3.53. The molecule has 0 aromatic rings. The molecule has 78 valence electrons. The minimum atomic E-state index is -0.0538. The van der Waals surface area contributed by atoms with Crippen LogP contribution in [0.25, 0.3) is 0 Å². The van der Waals surface area contributed by atoms with Crippen molar-refractivity contribution in [1.29, 1.82) is 0 Å². The second-order valence-electron chi connectivity index (χ2n) is 4.73. The molecule has 1 aliphatic heterocycles. The zero-order valence-corrected chi connectivity index (χ0v) is 8.86. The molecule has 3 rings (SSSR count). The average Bonchev–Trinajstić information content (AvgIpc) is 2.79. The molecule has 0 saturated carbocycles. The topological polar surface area (TPSA) is 37.4 Å². The van der Waals surface area contributed by atoms with Gasteiger partial charge in [-0.3, -0.25) is 14.5 Å². The molecular weight excluding hydrogens is 190 g/mol. The molecule has 2 bridgehead atoms. The Morgan fingerprint density at radius 1 is 1.13 bits per heavy atom. The molecule has 0 radical (unpaired) electrons. The minimum Gasteiger partial charge on any atom is -0.272 e. The van der Waals surface area contributed by atoms with Gasteiger partial charge in [-0.15, -0.1) is 0 Å². The first kappa shape index (κ1) is 8.89. The summed E-state index contributed by atoms with van der Waals surface area (Å²) in [5, 5.41) is 0. The van der Waals surface area contributed by atoms with Crippen LogP contribution in [0.4, 0.5) is 0 Å². The van der Waals surface area contributed by atoms with Gasteiger partial charge < -0.3 is 0 Å². The Morgan fingerprint density at radius 3 is 2.00 bits per heavy atom. The van der Waals surface area contributed by atoms with Gasteiger partial charge in [0.25, 0.3) is 11.8 Å². The van der Waals surface area contributed by atoms with Crippen molar-refractivity contribution in [2.75, 3.05) is 0 Å². The van der Waals surface area contributed by atoms with E-state index in [1.807, 2.05) is 13.8 Å². The zero-order valence-electron chi connectivity index (χ0n) is 8.86. The molecule has 3 aliphatic rings. The number of carbonyl (C=O) groups excluding carboxylic acids is 2. The van der Waals surface area contributed by atoms with Crippen LogP contribution < -0.4 is 0 Å². The number of amides is 2. The van der Waals surface area contributed by atoms with Gasteiger partial charge >= 0.3 is 0 Å². The van der Waals surface area contributed by atoms with Gasteiger partial charge in [0.15, 0.2) is 0 Å². The van der Waals surface area contributed by atoms with Crippen LogP contribution in [0.15, 0.2) is 23.3 Å². The highest BCUT2D eigenvalue weighted by Crippen LogP contribution is 2.48. The lowest BCUT2D eigenvalue weighted by atomic mass is 9.99. The molecular formula is C12H13NO2. The van der Waals surface area contributed by atoms with E-state index in [0.717, 1.165) is 17.6 Å². The molecule has 2 unspecified atom stereocenters. The van der Waals surface area contributed by atoms with Gasteiger partial charge in [0.1, 0.15) is 0 Å². The van der Waals surface area contributed by atoms with E-state index >= 15 is 0 Å². The van der Waals surface area contributed by atoms with Crippen molar-refractivity contribution in [2.45, 2.75) is 26.3 Å². The minimum absolute atomic E-state index is 0.0324. The predicted molar refractivity (Wildman–Crippen MR) is 54.8 cm³/mol. The van der Waals surface area contributed by atoms with Gasteiger partial charge in [-0.1, -0.05) is 12.2 Å². The molecule has 0 spiro atoms. The van der Waals surface area contributed by atoms with E-state index < -0.39 is 0 Å². The number of allylic oxidation sites excluding steroid dienone is 2. The summed E-state index contributed by atoms with van der Waals surface area (Å²) < 4.78 is 0. The maximum absolute atomic E-state index is 12.0. The Morgan fingerprint density at radius 2 is 1.60 bits per heavy atom. The maximum Gasteiger partial charge on any atom is 0.257 e. The fourth-order valence-electron chi connectivity index (χ4n) is 2.89. The van der Waals surface area contributed by atoms with E-state index in [1.165, 1.54) is 4.90 Å². The van der Waals surface area contributed by atoms with Crippen molar-refractivity contribution in [3.05, 3.63) is 23.3 Å².